The van der Waals surface area contributed by atoms with Gasteiger partial charge in [0.2, 0.25) is 0 Å². The van der Waals surface area contributed by atoms with Gasteiger partial charge in [-0.2, -0.15) is 5.26 Å². The molecule has 84 valence electrons. The van der Waals surface area contributed by atoms with Crippen molar-refractivity contribution in [1.29, 1.82) is 5.26 Å². The standard InChI is InChI=1S/C11H13N3O2/c1-3-9(11(15)16)14-10-8(6-12)5-4-7(2)13-10/h4-5,9H,3H2,1-2H3,(H,13,14)(H,15,16). The first-order valence-electron chi connectivity index (χ1n) is 4.95. The molecular formula is C11H13N3O2. The Morgan fingerprint density at radius 1 is 1.69 bits per heavy atom. The highest BCUT2D eigenvalue weighted by atomic mass is 16.4. The number of pyridine rings is 1. The van der Waals surface area contributed by atoms with Crippen LogP contribution in [-0.2, 0) is 4.79 Å². The molecule has 0 aromatic carbocycles. The Bertz CT molecular complexity index is 437. The summed E-state index contributed by atoms with van der Waals surface area (Å²) in [5.41, 5.74) is 1.09. The molecule has 1 atom stereocenters. The topological polar surface area (TPSA) is 86.0 Å². The average molecular weight is 219 g/mol. The number of carboxylic acid groups (broad SMARTS) is 1. The van der Waals surface area contributed by atoms with Gasteiger partial charge in [-0.05, 0) is 25.5 Å². The van der Waals surface area contributed by atoms with Gasteiger partial charge in [-0.25, -0.2) is 9.78 Å². The molecule has 1 rings (SSSR count). The Hall–Kier alpha value is -2.09. The minimum absolute atomic E-state index is 0.330. The molecule has 0 saturated heterocycles. The molecule has 1 aromatic rings. The highest BCUT2D eigenvalue weighted by Gasteiger charge is 2.16. The maximum Gasteiger partial charge on any atom is 0.326 e. The fraction of sp³-hybridized carbons (Fsp3) is 0.364. The van der Waals surface area contributed by atoms with Gasteiger partial charge >= 0.3 is 5.97 Å². The minimum Gasteiger partial charge on any atom is -0.480 e. The Morgan fingerprint density at radius 3 is 2.88 bits per heavy atom. The van der Waals surface area contributed by atoms with Gasteiger partial charge in [-0.1, -0.05) is 6.92 Å². The second-order valence-corrected chi connectivity index (χ2v) is 3.40. The fourth-order valence-electron chi connectivity index (χ4n) is 1.26. The average Bonchev–Trinajstić information content (AvgIpc) is 2.25. The van der Waals surface area contributed by atoms with Crippen LogP contribution in [0.15, 0.2) is 12.1 Å². The molecule has 0 aliphatic carbocycles. The number of hydrogen-bond acceptors (Lipinski definition) is 4. The van der Waals surface area contributed by atoms with E-state index >= 15 is 0 Å². The molecule has 0 amide bonds. The van der Waals surface area contributed by atoms with Crippen molar-refractivity contribution in [3.8, 4) is 6.07 Å². The van der Waals surface area contributed by atoms with Crippen LogP contribution in [0.4, 0.5) is 5.82 Å². The summed E-state index contributed by atoms with van der Waals surface area (Å²) in [6.07, 6.45) is 0.426. The van der Waals surface area contributed by atoms with Crippen LogP contribution in [0.2, 0.25) is 0 Å². The lowest BCUT2D eigenvalue weighted by atomic mass is 10.2. The number of anilines is 1. The molecule has 16 heavy (non-hydrogen) atoms. The van der Waals surface area contributed by atoms with E-state index in [-0.39, 0.29) is 0 Å². The summed E-state index contributed by atoms with van der Waals surface area (Å²) in [6, 6.07) is 4.59. The molecule has 0 spiro atoms. The zero-order valence-electron chi connectivity index (χ0n) is 9.19. The highest BCUT2D eigenvalue weighted by molar-refractivity contribution is 5.77. The number of aliphatic carboxylic acids is 1. The van der Waals surface area contributed by atoms with Gasteiger partial charge in [0, 0.05) is 5.69 Å². The highest BCUT2D eigenvalue weighted by Crippen LogP contribution is 2.14. The van der Waals surface area contributed by atoms with Crippen LogP contribution in [0, 0.1) is 18.3 Å². The van der Waals surface area contributed by atoms with E-state index in [2.05, 4.69) is 10.3 Å². The Morgan fingerprint density at radius 2 is 2.38 bits per heavy atom. The summed E-state index contributed by atoms with van der Waals surface area (Å²) >= 11 is 0. The summed E-state index contributed by atoms with van der Waals surface area (Å²) in [5, 5.41) is 20.5. The molecule has 0 radical (unpaired) electrons. The monoisotopic (exact) mass is 219 g/mol. The number of rotatable bonds is 4. The number of aryl methyl sites for hydroxylation is 1. The molecule has 1 heterocycles. The second kappa shape index (κ2) is 5.12. The summed E-state index contributed by atoms with van der Waals surface area (Å²) in [7, 11) is 0. The SMILES string of the molecule is CCC(Nc1nc(C)ccc1C#N)C(=O)O. The largest absolute Gasteiger partial charge is 0.480 e. The van der Waals surface area contributed by atoms with Crippen LogP contribution in [0.1, 0.15) is 24.6 Å². The molecule has 0 fully saturated rings. The molecule has 5 nitrogen and oxygen atoms in total. The third-order valence-electron chi connectivity index (χ3n) is 2.17. The van der Waals surface area contributed by atoms with Gasteiger partial charge in [0.25, 0.3) is 0 Å². The Kier molecular flexibility index (Phi) is 3.84. The third-order valence-corrected chi connectivity index (χ3v) is 2.17. The lowest BCUT2D eigenvalue weighted by molar-refractivity contribution is -0.137. The lowest BCUT2D eigenvalue weighted by Gasteiger charge is -2.14. The molecule has 2 N–H and O–H groups in total. The van der Waals surface area contributed by atoms with Crippen molar-refractivity contribution in [2.24, 2.45) is 0 Å². The number of carboxylic acids is 1. The van der Waals surface area contributed by atoms with E-state index in [9.17, 15) is 4.79 Å². The van der Waals surface area contributed by atoms with Gasteiger partial charge in [0.1, 0.15) is 17.9 Å². The molecule has 1 aromatic heterocycles. The van der Waals surface area contributed by atoms with Crippen molar-refractivity contribution in [2.75, 3.05) is 5.32 Å². The molecule has 0 aliphatic rings. The first kappa shape index (κ1) is 12.0. The summed E-state index contributed by atoms with van der Waals surface area (Å²) < 4.78 is 0. The number of nitrogens with zero attached hydrogens (tertiary/aromatic N) is 2. The number of nitrogens with one attached hydrogen (secondary N) is 1. The molecule has 0 aliphatic heterocycles. The molecule has 1 unspecified atom stereocenters. The van der Waals surface area contributed by atoms with Crippen molar-refractivity contribution >= 4 is 11.8 Å². The van der Waals surface area contributed by atoms with Gasteiger partial charge in [0.15, 0.2) is 0 Å². The first-order valence-corrected chi connectivity index (χ1v) is 4.95. The zero-order chi connectivity index (χ0) is 12.1. The zero-order valence-corrected chi connectivity index (χ0v) is 9.19. The third kappa shape index (κ3) is 2.70. The summed E-state index contributed by atoms with van der Waals surface area (Å²) in [5.74, 6) is -0.619. The van der Waals surface area contributed by atoms with E-state index < -0.39 is 12.0 Å². The Balaban J connectivity index is 2.99. The minimum atomic E-state index is -0.949. The van der Waals surface area contributed by atoms with Crippen LogP contribution < -0.4 is 5.32 Å². The maximum atomic E-state index is 10.8. The van der Waals surface area contributed by atoms with Crippen LogP contribution in [0.25, 0.3) is 0 Å². The summed E-state index contributed by atoms with van der Waals surface area (Å²) in [4.78, 5) is 15.0. The van der Waals surface area contributed by atoms with Gasteiger partial charge in [0.05, 0.1) is 5.56 Å². The quantitative estimate of drug-likeness (QED) is 0.802. The van der Waals surface area contributed by atoms with E-state index in [1.54, 1.807) is 26.0 Å². The first-order chi connectivity index (χ1) is 7.58. The van der Waals surface area contributed by atoms with Gasteiger partial charge < -0.3 is 10.4 Å². The Labute approximate surface area is 93.7 Å². The maximum absolute atomic E-state index is 10.8. The van der Waals surface area contributed by atoms with E-state index in [4.69, 9.17) is 10.4 Å². The molecule has 5 heteroatoms. The van der Waals surface area contributed by atoms with Gasteiger partial charge in [-0.15, -0.1) is 0 Å². The van der Waals surface area contributed by atoms with Crippen LogP contribution in [-0.4, -0.2) is 22.1 Å². The normalized spacial score (nSPS) is 11.6. The lowest BCUT2D eigenvalue weighted by Crippen LogP contribution is -2.29. The predicted molar refractivity (Wildman–Crippen MR) is 59.0 cm³/mol. The number of aromatic nitrogens is 1. The van der Waals surface area contributed by atoms with E-state index in [0.29, 0.717) is 17.8 Å². The number of nitriles is 1. The summed E-state index contributed by atoms with van der Waals surface area (Å²) in [6.45, 7) is 3.54. The molecular weight excluding hydrogens is 206 g/mol. The van der Waals surface area contributed by atoms with Crippen molar-refractivity contribution < 1.29 is 9.90 Å². The van der Waals surface area contributed by atoms with Gasteiger partial charge in [-0.3, -0.25) is 0 Å². The van der Waals surface area contributed by atoms with E-state index in [1.165, 1.54) is 0 Å². The smallest absolute Gasteiger partial charge is 0.326 e. The van der Waals surface area contributed by atoms with Crippen molar-refractivity contribution in [1.82, 2.24) is 4.98 Å². The number of carbonyl (C=O) groups is 1. The predicted octanol–water partition coefficient (Wildman–Crippen LogP) is 1.54. The molecule has 0 saturated carbocycles. The van der Waals surface area contributed by atoms with Crippen molar-refractivity contribution in [2.45, 2.75) is 26.3 Å². The van der Waals surface area contributed by atoms with Crippen molar-refractivity contribution in [3.63, 3.8) is 0 Å². The van der Waals surface area contributed by atoms with Crippen molar-refractivity contribution in [3.05, 3.63) is 23.4 Å². The number of hydrogen-bond donors (Lipinski definition) is 2. The second-order valence-electron chi connectivity index (χ2n) is 3.40. The van der Waals surface area contributed by atoms with E-state index in [0.717, 1.165) is 5.69 Å². The fourth-order valence-corrected chi connectivity index (χ4v) is 1.26. The van der Waals surface area contributed by atoms with Crippen LogP contribution in [0.3, 0.4) is 0 Å². The van der Waals surface area contributed by atoms with Crippen LogP contribution >= 0.6 is 0 Å². The van der Waals surface area contributed by atoms with E-state index in [1.807, 2.05) is 6.07 Å². The van der Waals surface area contributed by atoms with Crippen LogP contribution in [0.5, 0.6) is 0 Å². The molecule has 0 bridgehead atoms.